The molecule has 0 unspecified atom stereocenters. The largest absolute Gasteiger partial charge is 0.506 e. The number of hydrogen-bond acceptors (Lipinski definition) is 2. The van der Waals surface area contributed by atoms with Gasteiger partial charge in [0.25, 0.3) is 0 Å². The number of hydrogen-bond donors (Lipinski definition) is 1. The molecule has 2 aromatic heterocycles. The van der Waals surface area contributed by atoms with Gasteiger partial charge in [0, 0.05) is 11.9 Å². The second-order valence-corrected chi connectivity index (χ2v) is 2.52. The van der Waals surface area contributed by atoms with Gasteiger partial charge in [-0.05, 0) is 19.1 Å². The average Bonchev–Trinajstić information content (AvgIpc) is 2.33. The smallest absolute Gasteiger partial charge is 0.137 e. The Balaban J connectivity index is 2.87. The van der Waals surface area contributed by atoms with Crippen molar-refractivity contribution in [3.05, 3.63) is 30.2 Å². The zero-order chi connectivity index (χ0) is 7.84. The molecular weight excluding hydrogens is 140 g/mol. The van der Waals surface area contributed by atoms with E-state index in [0.717, 1.165) is 11.3 Å². The molecule has 2 heterocycles. The summed E-state index contributed by atoms with van der Waals surface area (Å²) in [5.41, 5.74) is 1.89. The van der Waals surface area contributed by atoms with Crippen LogP contribution >= 0.6 is 0 Å². The minimum absolute atomic E-state index is 0.263. The maximum atomic E-state index is 9.12. The lowest BCUT2D eigenvalue weighted by Crippen LogP contribution is -1.84. The summed E-state index contributed by atoms with van der Waals surface area (Å²) in [5, 5.41) is 9.12. The van der Waals surface area contributed by atoms with E-state index in [2.05, 4.69) is 4.98 Å². The molecule has 0 fully saturated rings. The second kappa shape index (κ2) is 1.99. The van der Waals surface area contributed by atoms with Crippen LogP contribution in [0.2, 0.25) is 0 Å². The molecule has 0 radical (unpaired) electrons. The molecule has 0 aromatic carbocycles. The summed E-state index contributed by atoms with van der Waals surface area (Å²) in [5.74, 6) is 0.263. The van der Waals surface area contributed by atoms with Crippen molar-refractivity contribution in [1.82, 2.24) is 9.38 Å². The lowest BCUT2D eigenvalue weighted by atomic mass is 10.4. The standard InChI is InChI=1S/C8H8N2O/c1-6-4-9-8-3-2-7(11)5-10(6)8/h2-5,11H,1H3. The van der Waals surface area contributed by atoms with Crippen LogP contribution in [0.15, 0.2) is 24.5 Å². The summed E-state index contributed by atoms with van der Waals surface area (Å²) in [7, 11) is 0. The van der Waals surface area contributed by atoms with Gasteiger partial charge in [-0.15, -0.1) is 0 Å². The van der Waals surface area contributed by atoms with Crippen molar-refractivity contribution in [2.45, 2.75) is 6.92 Å². The monoisotopic (exact) mass is 148 g/mol. The third-order valence-corrected chi connectivity index (χ3v) is 1.67. The van der Waals surface area contributed by atoms with Gasteiger partial charge in [-0.3, -0.25) is 0 Å². The first kappa shape index (κ1) is 6.22. The summed E-state index contributed by atoms with van der Waals surface area (Å²) in [4.78, 5) is 4.11. The van der Waals surface area contributed by atoms with Gasteiger partial charge in [0.15, 0.2) is 0 Å². The Hall–Kier alpha value is -1.51. The highest BCUT2D eigenvalue weighted by Gasteiger charge is 1.97. The van der Waals surface area contributed by atoms with Gasteiger partial charge in [0.1, 0.15) is 11.4 Å². The van der Waals surface area contributed by atoms with E-state index >= 15 is 0 Å². The van der Waals surface area contributed by atoms with E-state index < -0.39 is 0 Å². The van der Waals surface area contributed by atoms with E-state index in [0.29, 0.717) is 0 Å². The van der Waals surface area contributed by atoms with Crippen LogP contribution in [0.25, 0.3) is 5.65 Å². The van der Waals surface area contributed by atoms with Crippen LogP contribution in [0.5, 0.6) is 5.75 Å². The third kappa shape index (κ3) is 0.852. The maximum Gasteiger partial charge on any atom is 0.137 e. The van der Waals surface area contributed by atoms with Crippen molar-refractivity contribution in [1.29, 1.82) is 0 Å². The molecule has 11 heavy (non-hydrogen) atoms. The molecule has 0 amide bonds. The number of fused-ring (bicyclic) bond motifs is 1. The van der Waals surface area contributed by atoms with Crippen LogP contribution in [0, 0.1) is 6.92 Å². The van der Waals surface area contributed by atoms with E-state index in [1.54, 1.807) is 24.5 Å². The second-order valence-electron chi connectivity index (χ2n) is 2.52. The van der Waals surface area contributed by atoms with Gasteiger partial charge < -0.3 is 9.51 Å². The summed E-state index contributed by atoms with van der Waals surface area (Å²) < 4.78 is 1.84. The number of imidazole rings is 1. The van der Waals surface area contributed by atoms with Crippen LogP contribution in [0.4, 0.5) is 0 Å². The molecule has 2 rings (SSSR count). The highest BCUT2D eigenvalue weighted by Crippen LogP contribution is 2.11. The highest BCUT2D eigenvalue weighted by atomic mass is 16.3. The molecule has 0 bridgehead atoms. The van der Waals surface area contributed by atoms with E-state index in [-0.39, 0.29) is 5.75 Å². The first-order valence-corrected chi connectivity index (χ1v) is 3.40. The molecule has 0 spiro atoms. The molecule has 0 atom stereocenters. The Labute approximate surface area is 63.9 Å². The van der Waals surface area contributed by atoms with Crippen molar-refractivity contribution in [2.75, 3.05) is 0 Å². The zero-order valence-corrected chi connectivity index (χ0v) is 6.15. The quantitative estimate of drug-likeness (QED) is 0.612. The maximum absolute atomic E-state index is 9.12. The summed E-state index contributed by atoms with van der Waals surface area (Å²) >= 11 is 0. The lowest BCUT2D eigenvalue weighted by Gasteiger charge is -1.95. The number of aromatic nitrogens is 2. The van der Waals surface area contributed by atoms with Gasteiger partial charge in [-0.2, -0.15) is 0 Å². The molecule has 0 aliphatic carbocycles. The van der Waals surface area contributed by atoms with E-state index in [4.69, 9.17) is 5.11 Å². The Morgan fingerprint density at radius 3 is 3.09 bits per heavy atom. The predicted octanol–water partition coefficient (Wildman–Crippen LogP) is 1.35. The molecular formula is C8H8N2O. The molecule has 2 aromatic rings. The Bertz CT molecular complexity index is 392. The lowest BCUT2D eigenvalue weighted by molar-refractivity contribution is 0.471. The van der Waals surface area contributed by atoms with Crippen LogP contribution in [-0.2, 0) is 0 Å². The SMILES string of the molecule is Cc1cnc2ccc(O)cn12. The molecule has 0 saturated carbocycles. The van der Waals surface area contributed by atoms with Crippen molar-refractivity contribution in [3.8, 4) is 5.75 Å². The van der Waals surface area contributed by atoms with Crippen LogP contribution in [0.1, 0.15) is 5.69 Å². The van der Waals surface area contributed by atoms with Crippen LogP contribution < -0.4 is 0 Å². The van der Waals surface area contributed by atoms with Crippen molar-refractivity contribution in [3.63, 3.8) is 0 Å². The number of pyridine rings is 1. The van der Waals surface area contributed by atoms with Gasteiger partial charge in [-0.1, -0.05) is 0 Å². The summed E-state index contributed by atoms with van der Waals surface area (Å²) in [6.07, 6.45) is 3.42. The van der Waals surface area contributed by atoms with Crippen molar-refractivity contribution < 1.29 is 5.11 Å². The molecule has 3 nitrogen and oxygen atoms in total. The Morgan fingerprint density at radius 1 is 1.45 bits per heavy atom. The topological polar surface area (TPSA) is 37.5 Å². The molecule has 1 N–H and O–H groups in total. The van der Waals surface area contributed by atoms with Gasteiger partial charge in [-0.25, -0.2) is 4.98 Å². The van der Waals surface area contributed by atoms with Gasteiger partial charge >= 0.3 is 0 Å². The van der Waals surface area contributed by atoms with Gasteiger partial charge in [0.05, 0.1) is 6.20 Å². The first-order chi connectivity index (χ1) is 5.27. The highest BCUT2D eigenvalue weighted by molar-refractivity contribution is 5.42. The van der Waals surface area contributed by atoms with Crippen LogP contribution in [0.3, 0.4) is 0 Å². The predicted molar refractivity (Wildman–Crippen MR) is 41.6 cm³/mol. The fraction of sp³-hybridized carbons (Fsp3) is 0.125. The summed E-state index contributed by atoms with van der Waals surface area (Å²) in [6, 6.07) is 3.41. The minimum Gasteiger partial charge on any atom is -0.506 e. The van der Waals surface area contributed by atoms with Gasteiger partial charge in [0.2, 0.25) is 0 Å². The van der Waals surface area contributed by atoms with Crippen LogP contribution in [-0.4, -0.2) is 14.5 Å². The summed E-state index contributed by atoms with van der Waals surface area (Å²) in [6.45, 7) is 1.94. The van der Waals surface area contributed by atoms with Crippen molar-refractivity contribution in [2.24, 2.45) is 0 Å². The number of aryl methyl sites for hydroxylation is 1. The van der Waals surface area contributed by atoms with Crippen molar-refractivity contribution >= 4 is 5.65 Å². The molecule has 0 aliphatic rings. The third-order valence-electron chi connectivity index (χ3n) is 1.67. The molecule has 0 saturated heterocycles. The number of nitrogens with zero attached hydrogens (tertiary/aromatic N) is 2. The zero-order valence-electron chi connectivity index (χ0n) is 6.15. The Morgan fingerprint density at radius 2 is 2.27 bits per heavy atom. The fourth-order valence-corrected chi connectivity index (χ4v) is 1.09. The number of aromatic hydroxyl groups is 1. The average molecular weight is 148 g/mol. The minimum atomic E-state index is 0.263. The normalized spacial score (nSPS) is 10.6. The van der Waals surface area contributed by atoms with E-state index in [9.17, 15) is 0 Å². The number of rotatable bonds is 0. The Kier molecular flexibility index (Phi) is 1.12. The molecule has 3 heteroatoms. The molecule has 0 aliphatic heterocycles. The molecule has 56 valence electrons. The van der Waals surface area contributed by atoms with E-state index in [1.807, 2.05) is 11.3 Å². The van der Waals surface area contributed by atoms with E-state index in [1.165, 1.54) is 0 Å². The first-order valence-electron chi connectivity index (χ1n) is 3.40. The fourth-order valence-electron chi connectivity index (χ4n) is 1.09.